The average Bonchev–Trinajstić information content (AvgIpc) is 2.83. The molecule has 1 aromatic rings. The van der Waals surface area contributed by atoms with Crippen molar-refractivity contribution < 1.29 is 14.3 Å². The Hall–Kier alpha value is -0.810. The Morgan fingerprint density at radius 3 is 2.72 bits per heavy atom. The van der Waals surface area contributed by atoms with E-state index in [1.54, 1.807) is 6.07 Å². The van der Waals surface area contributed by atoms with Gasteiger partial charge in [-0.1, -0.05) is 19.3 Å². The molecule has 0 spiro atoms. The van der Waals surface area contributed by atoms with Gasteiger partial charge in [0.25, 0.3) is 5.91 Å². The fourth-order valence-corrected chi connectivity index (χ4v) is 2.93. The van der Waals surface area contributed by atoms with Crippen molar-refractivity contribution in [1.29, 1.82) is 0 Å². The maximum absolute atomic E-state index is 11.9. The van der Waals surface area contributed by atoms with E-state index in [0.717, 1.165) is 25.7 Å². The number of aliphatic hydroxyl groups excluding tert-OH is 1. The summed E-state index contributed by atoms with van der Waals surface area (Å²) in [4.78, 5) is 11.9. The number of carbonyl (C=O) groups excluding carboxylic acids is 1. The molecule has 0 aliphatic heterocycles. The van der Waals surface area contributed by atoms with Crippen LogP contribution >= 0.6 is 15.9 Å². The van der Waals surface area contributed by atoms with Crippen molar-refractivity contribution in [3.8, 4) is 0 Å². The number of hydrogen-bond acceptors (Lipinski definition) is 3. The second-order valence-corrected chi connectivity index (χ2v) is 5.73. The van der Waals surface area contributed by atoms with Gasteiger partial charge in [-0.15, -0.1) is 0 Å². The molecular formula is C13H18BrNO3. The zero-order chi connectivity index (χ0) is 13.0. The molecule has 4 nitrogen and oxygen atoms in total. The van der Waals surface area contributed by atoms with Gasteiger partial charge in [0.1, 0.15) is 0 Å². The molecule has 1 saturated carbocycles. The first-order valence-electron chi connectivity index (χ1n) is 6.29. The van der Waals surface area contributed by atoms with Gasteiger partial charge < -0.3 is 14.8 Å². The zero-order valence-electron chi connectivity index (χ0n) is 10.2. The second-order valence-electron chi connectivity index (χ2n) is 5.01. The number of hydrogen-bond donors (Lipinski definition) is 2. The topological polar surface area (TPSA) is 62.5 Å². The summed E-state index contributed by atoms with van der Waals surface area (Å²) in [5.74, 6) is -0.158. The van der Waals surface area contributed by atoms with Gasteiger partial charge in [0.15, 0.2) is 4.67 Å². The summed E-state index contributed by atoms with van der Waals surface area (Å²) in [5, 5.41) is 12.5. The van der Waals surface area contributed by atoms with E-state index in [9.17, 15) is 9.90 Å². The summed E-state index contributed by atoms with van der Waals surface area (Å²) in [6, 6.07) is 1.63. The summed E-state index contributed by atoms with van der Waals surface area (Å²) in [6.07, 6.45) is 6.93. The number of rotatable bonds is 4. The summed E-state index contributed by atoms with van der Waals surface area (Å²) in [5.41, 5.74) is 0.364. The van der Waals surface area contributed by atoms with Crippen molar-refractivity contribution in [2.75, 3.05) is 13.2 Å². The molecule has 0 unspecified atom stereocenters. The van der Waals surface area contributed by atoms with E-state index in [1.165, 1.54) is 12.7 Å². The third-order valence-electron chi connectivity index (χ3n) is 3.74. The van der Waals surface area contributed by atoms with Crippen LogP contribution < -0.4 is 5.32 Å². The Bertz CT molecular complexity index is 410. The van der Waals surface area contributed by atoms with Crippen molar-refractivity contribution in [3.63, 3.8) is 0 Å². The van der Waals surface area contributed by atoms with Crippen LogP contribution in [0.5, 0.6) is 0 Å². The molecule has 1 amide bonds. The minimum atomic E-state index is -0.158. The highest BCUT2D eigenvalue weighted by atomic mass is 79.9. The van der Waals surface area contributed by atoms with Gasteiger partial charge in [0.2, 0.25) is 0 Å². The van der Waals surface area contributed by atoms with Crippen LogP contribution in [-0.2, 0) is 0 Å². The number of furan rings is 1. The van der Waals surface area contributed by atoms with Crippen molar-refractivity contribution in [2.24, 2.45) is 5.41 Å². The predicted molar refractivity (Wildman–Crippen MR) is 71.3 cm³/mol. The molecule has 0 aromatic carbocycles. The summed E-state index contributed by atoms with van der Waals surface area (Å²) in [7, 11) is 0. The molecule has 5 heteroatoms. The Morgan fingerprint density at radius 1 is 1.44 bits per heavy atom. The monoisotopic (exact) mass is 315 g/mol. The van der Waals surface area contributed by atoms with Crippen LogP contribution in [0.3, 0.4) is 0 Å². The summed E-state index contributed by atoms with van der Waals surface area (Å²) >= 11 is 3.19. The Kier molecular flexibility index (Phi) is 4.45. The summed E-state index contributed by atoms with van der Waals surface area (Å²) < 4.78 is 5.48. The van der Waals surface area contributed by atoms with Crippen LogP contribution in [0.2, 0.25) is 0 Å². The van der Waals surface area contributed by atoms with Crippen molar-refractivity contribution >= 4 is 21.8 Å². The molecule has 0 atom stereocenters. The van der Waals surface area contributed by atoms with E-state index in [0.29, 0.717) is 16.8 Å². The highest BCUT2D eigenvalue weighted by molar-refractivity contribution is 9.10. The molecule has 0 bridgehead atoms. The standard InChI is InChI=1S/C13H18BrNO3/c14-11-10(4-7-18-11)12(17)15-8-13(9-16)5-2-1-3-6-13/h4,7,16H,1-3,5-6,8-9H2,(H,15,17). The molecule has 1 fully saturated rings. The largest absolute Gasteiger partial charge is 0.457 e. The lowest BCUT2D eigenvalue weighted by Gasteiger charge is -2.35. The van der Waals surface area contributed by atoms with Crippen LogP contribution in [-0.4, -0.2) is 24.2 Å². The fraction of sp³-hybridized carbons (Fsp3) is 0.615. The van der Waals surface area contributed by atoms with Crippen LogP contribution in [0.1, 0.15) is 42.5 Å². The maximum atomic E-state index is 11.9. The second kappa shape index (κ2) is 5.89. The number of carbonyl (C=O) groups is 1. The average molecular weight is 316 g/mol. The van der Waals surface area contributed by atoms with Gasteiger partial charge >= 0.3 is 0 Å². The minimum Gasteiger partial charge on any atom is -0.457 e. The number of amides is 1. The molecule has 1 aliphatic rings. The minimum absolute atomic E-state index is 0.135. The highest BCUT2D eigenvalue weighted by Crippen LogP contribution is 2.35. The quantitative estimate of drug-likeness (QED) is 0.898. The van der Waals surface area contributed by atoms with Crippen LogP contribution in [0.25, 0.3) is 0 Å². The third-order valence-corrected chi connectivity index (χ3v) is 4.35. The van der Waals surface area contributed by atoms with E-state index in [2.05, 4.69) is 21.2 Å². The lowest BCUT2D eigenvalue weighted by molar-refractivity contribution is 0.0717. The molecule has 1 aliphatic carbocycles. The van der Waals surface area contributed by atoms with Gasteiger partial charge in [0.05, 0.1) is 18.4 Å². The maximum Gasteiger partial charge on any atom is 0.255 e. The highest BCUT2D eigenvalue weighted by Gasteiger charge is 2.32. The molecule has 1 heterocycles. The Labute approximate surface area is 115 Å². The number of nitrogens with one attached hydrogen (secondary N) is 1. The lowest BCUT2D eigenvalue weighted by atomic mass is 9.74. The molecule has 0 saturated heterocycles. The van der Waals surface area contributed by atoms with Crippen molar-refractivity contribution in [3.05, 3.63) is 22.6 Å². The SMILES string of the molecule is O=C(NCC1(CO)CCCCC1)c1ccoc1Br. The van der Waals surface area contributed by atoms with E-state index in [1.807, 2.05) is 0 Å². The molecule has 2 N–H and O–H groups in total. The smallest absolute Gasteiger partial charge is 0.255 e. The number of halogens is 1. The molecular weight excluding hydrogens is 298 g/mol. The summed E-state index contributed by atoms with van der Waals surface area (Å²) in [6.45, 7) is 0.666. The molecule has 0 radical (unpaired) electrons. The van der Waals surface area contributed by atoms with Crippen LogP contribution in [0.4, 0.5) is 0 Å². The van der Waals surface area contributed by atoms with Gasteiger partial charge in [-0.05, 0) is 34.8 Å². The number of aliphatic hydroxyl groups is 1. The van der Waals surface area contributed by atoms with Crippen molar-refractivity contribution in [2.45, 2.75) is 32.1 Å². The Balaban J connectivity index is 1.94. The Morgan fingerprint density at radius 2 is 2.17 bits per heavy atom. The van der Waals surface area contributed by atoms with Gasteiger partial charge in [0, 0.05) is 12.0 Å². The van der Waals surface area contributed by atoms with Gasteiger partial charge in [-0.2, -0.15) is 0 Å². The first-order valence-corrected chi connectivity index (χ1v) is 7.08. The predicted octanol–water partition coefficient (Wildman–Crippen LogP) is 2.71. The van der Waals surface area contributed by atoms with Gasteiger partial charge in [-0.25, -0.2) is 0 Å². The normalized spacial score (nSPS) is 18.6. The van der Waals surface area contributed by atoms with Crippen LogP contribution in [0, 0.1) is 5.41 Å². The van der Waals surface area contributed by atoms with E-state index >= 15 is 0 Å². The molecule has 100 valence electrons. The third kappa shape index (κ3) is 2.95. The lowest BCUT2D eigenvalue weighted by Crippen LogP contribution is -2.41. The van der Waals surface area contributed by atoms with Crippen LogP contribution in [0.15, 0.2) is 21.4 Å². The molecule has 1 aromatic heterocycles. The van der Waals surface area contributed by atoms with E-state index in [-0.39, 0.29) is 17.9 Å². The zero-order valence-corrected chi connectivity index (χ0v) is 11.8. The first-order chi connectivity index (χ1) is 8.67. The fourth-order valence-electron chi connectivity index (χ4n) is 2.51. The van der Waals surface area contributed by atoms with E-state index in [4.69, 9.17) is 4.42 Å². The molecule has 2 rings (SSSR count). The van der Waals surface area contributed by atoms with Gasteiger partial charge in [-0.3, -0.25) is 4.79 Å². The van der Waals surface area contributed by atoms with E-state index < -0.39 is 0 Å². The van der Waals surface area contributed by atoms with Crippen molar-refractivity contribution in [1.82, 2.24) is 5.32 Å². The first kappa shape index (κ1) is 13.6. The molecule has 18 heavy (non-hydrogen) atoms.